The van der Waals surface area contributed by atoms with E-state index in [0.717, 1.165) is 68.0 Å². The van der Waals surface area contributed by atoms with Gasteiger partial charge < -0.3 is 10.4 Å². The van der Waals surface area contributed by atoms with Crippen molar-refractivity contribution in [1.82, 2.24) is 0 Å². The van der Waals surface area contributed by atoms with E-state index in [0.29, 0.717) is 0 Å². The molecule has 46 heavy (non-hydrogen) atoms. The van der Waals surface area contributed by atoms with Crippen LogP contribution in [0.3, 0.4) is 0 Å². The summed E-state index contributed by atoms with van der Waals surface area (Å²) in [6.07, 6.45) is 1.73. The van der Waals surface area contributed by atoms with Crippen molar-refractivity contribution in [2.24, 2.45) is 10.2 Å². The zero-order chi connectivity index (χ0) is 33.5. The molecule has 0 aliphatic heterocycles. The fourth-order valence-electron chi connectivity index (χ4n) is 4.11. The summed E-state index contributed by atoms with van der Waals surface area (Å²) in [4.78, 5) is 9.84. The number of sulfonamides is 1. The number of phenolic OH excluding ortho intramolecular Hbond substituents is 1. The van der Waals surface area contributed by atoms with Gasteiger partial charge in [0, 0.05) is 30.2 Å². The van der Waals surface area contributed by atoms with Crippen molar-refractivity contribution in [3.05, 3.63) is 66.7 Å². The second-order valence-corrected chi connectivity index (χ2v) is 16.7. The summed E-state index contributed by atoms with van der Waals surface area (Å²) < 4.78 is 110. The molecular formula is C26H25N4NaO11S4. The molecule has 0 bridgehead atoms. The van der Waals surface area contributed by atoms with E-state index in [1.807, 2.05) is 0 Å². The quantitative estimate of drug-likeness (QED) is 0.0847. The zero-order valence-electron chi connectivity index (χ0n) is 23.4. The fraction of sp³-hybridized carbons (Fsp3) is 0.115. The molecule has 0 spiro atoms. The molecule has 0 aromatic heterocycles. The van der Waals surface area contributed by atoms with Gasteiger partial charge in [-0.1, -0.05) is 18.2 Å². The second-order valence-electron chi connectivity index (χ2n) is 9.63. The number of benzene rings is 4. The fourth-order valence-corrected chi connectivity index (χ4v) is 7.38. The van der Waals surface area contributed by atoms with Gasteiger partial charge in [-0.15, -0.1) is 10.2 Å². The number of phenols is 1. The Morgan fingerprint density at radius 2 is 1.33 bits per heavy atom. The SMILES string of the molecule is CC(=O)Nc1cc(N=Nc2ccc(S(C)(=O)=O)cc2S(C)(=O)=O)c2c(NS(=O)(=O)c3cccc(S(=O)(=O)O)c3)cccc2c1O.[NaH]. The van der Waals surface area contributed by atoms with Crippen molar-refractivity contribution in [1.29, 1.82) is 0 Å². The van der Waals surface area contributed by atoms with Crippen molar-refractivity contribution in [2.75, 3.05) is 22.6 Å². The summed E-state index contributed by atoms with van der Waals surface area (Å²) in [5, 5.41) is 21.3. The van der Waals surface area contributed by atoms with Crippen molar-refractivity contribution in [2.45, 2.75) is 26.5 Å². The van der Waals surface area contributed by atoms with Crippen molar-refractivity contribution in [3.63, 3.8) is 0 Å². The maximum atomic E-state index is 13.3. The molecule has 0 saturated carbocycles. The predicted molar refractivity (Wildman–Crippen MR) is 171 cm³/mol. The molecule has 15 nitrogen and oxygen atoms in total. The van der Waals surface area contributed by atoms with Crippen LogP contribution in [0.15, 0.2) is 96.5 Å². The molecule has 4 rings (SSSR count). The molecule has 4 aromatic rings. The van der Waals surface area contributed by atoms with E-state index in [-0.39, 0.29) is 68.0 Å². The summed E-state index contributed by atoms with van der Waals surface area (Å²) in [6.45, 7) is 1.16. The molecule has 4 N–H and O–H groups in total. The van der Waals surface area contributed by atoms with Crippen LogP contribution in [-0.4, -0.2) is 91.3 Å². The third-order valence-electron chi connectivity index (χ3n) is 6.10. The summed E-state index contributed by atoms with van der Waals surface area (Å²) in [6, 6.07) is 12.2. The van der Waals surface area contributed by atoms with Crippen LogP contribution in [0.25, 0.3) is 10.8 Å². The normalized spacial score (nSPS) is 12.5. The first-order valence-corrected chi connectivity index (χ1v) is 19.0. The van der Waals surface area contributed by atoms with Crippen molar-refractivity contribution < 1.29 is 48.1 Å². The average Bonchev–Trinajstić information content (AvgIpc) is 2.92. The Labute approximate surface area is 286 Å². The number of sulfone groups is 2. The van der Waals surface area contributed by atoms with E-state index in [2.05, 4.69) is 20.3 Å². The number of amides is 1. The topological polar surface area (TPSA) is 243 Å². The zero-order valence-corrected chi connectivity index (χ0v) is 26.7. The maximum absolute atomic E-state index is 13.3. The number of hydrogen-bond donors (Lipinski definition) is 4. The van der Waals surface area contributed by atoms with E-state index < -0.39 is 66.2 Å². The summed E-state index contributed by atoms with van der Waals surface area (Å²) in [7, 11) is -17.1. The van der Waals surface area contributed by atoms with E-state index in [4.69, 9.17) is 0 Å². The van der Waals surface area contributed by atoms with Crippen molar-refractivity contribution >= 4 is 109 Å². The van der Waals surface area contributed by atoms with E-state index in [9.17, 15) is 48.1 Å². The van der Waals surface area contributed by atoms with E-state index >= 15 is 0 Å². The first kappa shape index (κ1) is 37.0. The molecule has 0 radical (unpaired) electrons. The van der Waals surface area contributed by atoms with Crippen LogP contribution in [0, 0.1) is 0 Å². The van der Waals surface area contributed by atoms with Gasteiger partial charge in [0.15, 0.2) is 19.7 Å². The number of carbonyl (C=O) groups excluding carboxylic acids is 1. The van der Waals surface area contributed by atoms with Crippen LogP contribution in [0.1, 0.15) is 6.92 Å². The Balaban J connectivity index is 0.00000576. The molecule has 4 aromatic carbocycles. The number of hydrogen-bond acceptors (Lipinski definition) is 12. The van der Waals surface area contributed by atoms with Crippen LogP contribution in [0.2, 0.25) is 0 Å². The van der Waals surface area contributed by atoms with Gasteiger partial charge in [0.1, 0.15) is 11.4 Å². The average molecular weight is 721 g/mol. The summed E-state index contributed by atoms with van der Waals surface area (Å²) in [5.41, 5.74) is -0.796. The monoisotopic (exact) mass is 720 g/mol. The van der Waals surface area contributed by atoms with Crippen molar-refractivity contribution in [3.8, 4) is 5.75 Å². The first-order valence-electron chi connectivity index (χ1n) is 12.3. The molecule has 0 atom stereocenters. The number of fused-ring (bicyclic) bond motifs is 1. The first-order chi connectivity index (χ1) is 20.7. The van der Waals surface area contributed by atoms with Crippen LogP contribution in [-0.2, 0) is 44.6 Å². The molecule has 0 fully saturated rings. The Morgan fingerprint density at radius 1 is 0.717 bits per heavy atom. The third-order valence-corrected chi connectivity index (χ3v) is 10.6. The standard InChI is InChI=1S/C26H24N4O11S4.Na.H/c1-15(31)27-23-14-22(29-28-20-11-10-16(42(2,33)34)13-24(20)43(3,35)36)25-19(26(23)32)8-5-9-21(25)30-44(37,38)17-6-4-7-18(12-17)45(39,40)41;;/h4-14,30,32H,1-3H3,(H,27,31)(H,39,40,41);;. The molecule has 0 unspecified atom stereocenters. The van der Waals surface area contributed by atoms with Crippen LogP contribution in [0.5, 0.6) is 5.75 Å². The van der Waals surface area contributed by atoms with E-state index in [1.165, 1.54) is 18.2 Å². The number of nitrogens with one attached hydrogen (secondary N) is 2. The predicted octanol–water partition coefficient (Wildman–Crippen LogP) is 3.13. The molecule has 0 aliphatic rings. The van der Waals surface area contributed by atoms with Gasteiger partial charge in [0.25, 0.3) is 20.1 Å². The molecule has 0 aliphatic carbocycles. The second kappa shape index (κ2) is 13.4. The number of aromatic hydroxyl groups is 1. The van der Waals surface area contributed by atoms with Gasteiger partial charge in [-0.3, -0.25) is 14.1 Å². The molecule has 0 saturated heterocycles. The van der Waals surface area contributed by atoms with Crippen LogP contribution in [0.4, 0.5) is 22.7 Å². The number of anilines is 2. The number of rotatable bonds is 9. The summed E-state index contributed by atoms with van der Waals surface area (Å²) >= 11 is 0. The molecule has 240 valence electrons. The van der Waals surface area contributed by atoms with Crippen LogP contribution < -0.4 is 10.0 Å². The third kappa shape index (κ3) is 8.28. The van der Waals surface area contributed by atoms with Gasteiger partial charge >= 0.3 is 29.6 Å². The van der Waals surface area contributed by atoms with Gasteiger partial charge in [0.2, 0.25) is 5.91 Å². The molecule has 1 amide bonds. The minimum absolute atomic E-state index is 0. The van der Waals surface area contributed by atoms with Gasteiger partial charge in [-0.05, 0) is 48.5 Å². The summed E-state index contributed by atoms with van der Waals surface area (Å²) in [5.74, 6) is -1.07. The minimum atomic E-state index is -4.74. The van der Waals surface area contributed by atoms with Crippen LogP contribution >= 0.6 is 0 Å². The van der Waals surface area contributed by atoms with Gasteiger partial charge in [0.05, 0.1) is 36.6 Å². The number of carbonyl (C=O) groups is 1. The van der Waals surface area contributed by atoms with Gasteiger partial charge in [-0.25, -0.2) is 25.3 Å². The molecule has 0 heterocycles. The molecular weight excluding hydrogens is 696 g/mol. The Kier molecular flexibility index (Phi) is 10.8. The Hall–Kier alpha value is -3.43. The molecule has 20 heteroatoms. The van der Waals surface area contributed by atoms with E-state index in [1.54, 1.807) is 0 Å². The number of nitrogens with zero attached hydrogens (tertiary/aromatic N) is 2. The Morgan fingerprint density at radius 3 is 1.91 bits per heavy atom. The van der Waals surface area contributed by atoms with Gasteiger partial charge in [-0.2, -0.15) is 8.42 Å². The number of azo groups is 1. The Bertz CT molecular complexity index is 2360.